The van der Waals surface area contributed by atoms with Crippen LogP contribution in [-0.4, -0.2) is 42.3 Å². The summed E-state index contributed by atoms with van der Waals surface area (Å²) in [4.78, 5) is 18.8. The van der Waals surface area contributed by atoms with Gasteiger partial charge in [-0.3, -0.25) is 4.79 Å². The topological polar surface area (TPSA) is 74.7 Å². The summed E-state index contributed by atoms with van der Waals surface area (Å²) in [5.41, 5.74) is 3.68. The zero-order chi connectivity index (χ0) is 17.3. The molecular weight excluding hydrogens is 338 g/mol. The lowest BCUT2D eigenvalue weighted by Crippen LogP contribution is -2.49. The summed E-state index contributed by atoms with van der Waals surface area (Å²) >= 11 is 1.47. The van der Waals surface area contributed by atoms with E-state index in [0.717, 1.165) is 43.2 Å². The molecule has 0 saturated carbocycles. The fourth-order valence-electron chi connectivity index (χ4n) is 3.44. The molecule has 0 spiro atoms. The predicted molar refractivity (Wildman–Crippen MR) is 95.8 cm³/mol. The van der Waals surface area contributed by atoms with Crippen molar-refractivity contribution in [2.45, 2.75) is 12.0 Å². The molecule has 0 radical (unpaired) electrons. The monoisotopic (exact) mass is 357 g/mol. The first-order valence-corrected chi connectivity index (χ1v) is 9.15. The predicted octanol–water partition coefficient (Wildman–Crippen LogP) is 2.19. The maximum atomic E-state index is 12.1. The Hall–Kier alpha value is -2.38. The summed E-state index contributed by atoms with van der Waals surface area (Å²) in [6, 6.07) is 8.11. The van der Waals surface area contributed by atoms with Crippen LogP contribution in [0.5, 0.6) is 0 Å². The highest BCUT2D eigenvalue weighted by Crippen LogP contribution is 2.37. The minimum absolute atomic E-state index is 0.0639. The number of aliphatic hydroxyl groups excluding tert-OH is 1. The van der Waals surface area contributed by atoms with Crippen molar-refractivity contribution < 1.29 is 14.6 Å². The van der Waals surface area contributed by atoms with Gasteiger partial charge in [0.05, 0.1) is 24.4 Å². The number of carbonyl (C=O) groups is 1. The van der Waals surface area contributed by atoms with Crippen LogP contribution in [0.3, 0.4) is 0 Å². The van der Waals surface area contributed by atoms with Gasteiger partial charge in [-0.1, -0.05) is 12.1 Å². The van der Waals surface area contributed by atoms with Crippen molar-refractivity contribution in [3.8, 4) is 0 Å². The maximum Gasteiger partial charge on any atom is 0.248 e. The summed E-state index contributed by atoms with van der Waals surface area (Å²) < 4.78 is 5.40. The Labute approximate surface area is 149 Å². The quantitative estimate of drug-likeness (QED) is 0.881. The molecule has 3 heterocycles. The van der Waals surface area contributed by atoms with E-state index in [1.54, 1.807) is 5.51 Å². The van der Waals surface area contributed by atoms with Crippen LogP contribution in [0.15, 0.2) is 47.0 Å². The maximum absolute atomic E-state index is 12.1. The third-order valence-corrected chi connectivity index (χ3v) is 5.27. The van der Waals surface area contributed by atoms with Gasteiger partial charge < -0.3 is 20.1 Å². The Kier molecular flexibility index (Phi) is 4.19. The van der Waals surface area contributed by atoms with Crippen molar-refractivity contribution in [1.82, 2.24) is 10.3 Å². The van der Waals surface area contributed by atoms with Crippen molar-refractivity contribution >= 4 is 22.9 Å². The van der Waals surface area contributed by atoms with Crippen molar-refractivity contribution in [2.24, 2.45) is 0 Å². The van der Waals surface area contributed by atoms with Crippen molar-refractivity contribution in [3.05, 3.63) is 58.2 Å². The molecule has 1 aromatic carbocycles. The molecule has 1 aromatic heterocycles. The second kappa shape index (κ2) is 6.50. The van der Waals surface area contributed by atoms with E-state index < -0.39 is 5.54 Å². The molecule has 2 aliphatic rings. The fraction of sp³-hybridized carbons (Fsp3) is 0.333. The first-order valence-electron chi connectivity index (χ1n) is 8.21. The molecule has 0 bridgehead atoms. The standard InChI is InChI=1S/C18H19N3O3S/c22-15-9-17(23)20-18(10-15,16-11-25-12-19-16)13-1-3-14(4-2-13)21-5-7-24-8-6-21/h1-4,9,11-12,22H,5-8,10H2,(H,20,23). The zero-order valence-electron chi connectivity index (χ0n) is 13.6. The number of anilines is 1. The van der Waals surface area contributed by atoms with Crippen LogP contribution in [0.25, 0.3) is 0 Å². The molecule has 2 aromatic rings. The number of benzene rings is 1. The smallest absolute Gasteiger partial charge is 0.248 e. The molecule has 1 fully saturated rings. The van der Waals surface area contributed by atoms with E-state index in [1.807, 2.05) is 17.5 Å². The van der Waals surface area contributed by atoms with Gasteiger partial charge in [0.15, 0.2) is 0 Å². The molecule has 4 rings (SSSR count). The van der Waals surface area contributed by atoms with E-state index in [9.17, 15) is 9.90 Å². The van der Waals surface area contributed by atoms with Gasteiger partial charge in [0.2, 0.25) is 5.91 Å². The van der Waals surface area contributed by atoms with Crippen molar-refractivity contribution in [1.29, 1.82) is 0 Å². The first-order chi connectivity index (χ1) is 12.2. The largest absolute Gasteiger partial charge is 0.512 e. The number of thiazole rings is 1. The third-order valence-electron chi connectivity index (χ3n) is 4.69. The summed E-state index contributed by atoms with van der Waals surface area (Å²) in [6.45, 7) is 3.21. The van der Waals surface area contributed by atoms with Crippen LogP contribution < -0.4 is 10.2 Å². The lowest BCUT2D eigenvalue weighted by atomic mass is 9.81. The van der Waals surface area contributed by atoms with E-state index in [1.165, 1.54) is 17.4 Å². The van der Waals surface area contributed by atoms with Gasteiger partial charge >= 0.3 is 0 Å². The number of aliphatic hydroxyl groups is 1. The first kappa shape index (κ1) is 16.1. The number of morpholine rings is 1. The Balaban J connectivity index is 1.71. The second-order valence-corrected chi connectivity index (χ2v) is 6.95. The van der Waals surface area contributed by atoms with Gasteiger partial charge in [0.1, 0.15) is 11.3 Å². The molecule has 130 valence electrons. The number of carbonyl (C=O) groups excluding carboxylic acids is 1. The Bertz CT molecular complexity index is 782. The molecule has 2 aliphatic heterocycles. The van der Waals surface area contributed by atoms with Gasteiger partial charge in [0.25, 0.3) is 0 Å². The van der Waals surface area contributed by atoms with E-state index >= 15 is 0 Å². The normalized spacial score (nSPS) is 23.9. The molecule has 25 heavy (non-hydrogen) atoms. The van der Waals surface area contributed by atoms with Gasteiger partial charge in [-0.15, -0.1) is 11.3 Å². The number of nitrogens with zero attached hydrogens (tertiary/aromatic N) is 2. The molecule has 6 nitrogen and oxygen atoms in total. The molecule has 7 heteroatoms. The van der Waals surface area contributed by atoms with Crippen molar-refractivity contribution in [2.75, 3.05) is 31.2 Å². The highest BCUT2D eigenvalue weighted by molar-refractivity contribution is 7.07. The van der Waals surface area contributed by atoms with Gasteiger partial charge in [-0.25, -0.2) is 4.98 Å². The molecule has 1 unspecified atom stereocenters. The van der Waals surface area contributed by atoms with E-state index in [-0.39, 0.29) is 11.7 Å². The van der Waals surface area contributed by atoms with Crippen LogP contribution in [0.2, 0.25) is 0 Å². The Morgan fingerprint density at radius 3 is 2.64 bits per heavy atom. The Morgan fingerprint density at radius 1 is 1.24 bits per heavy atom. The molecule has 1 amide bonds. The number of ether oxygens (including phenoxy) is 1. The Morgan fingerprint density at radius 2 is 2.00 bits per heavy atom. The van der Waals surface area contributed by atoms with Crippen LogP contribution in [0.4, 0.5) is 5.69 Å². The van der Waals surface area contributed by atoms with Crippen LogP contribution in [0.1, 0.15) is 17.7 Å². The number of aromatic nitrogens is 1. The van der Waals surface area contributed by atoms with Crippen LogP contribution in [-0.2, 0) is 15.1 Å². The number of hydrogen-bond donors (Lipinski definition) is 2. The molecular formula is C18H19N3O3S. The van der Waals surface area contributed by atoms with Crippen LogP contribution in [0, 0.1) is 0 Å². The van der Waals surface area contributed by atoms with Gasteiger partial charge in [0, 0.05) is 36.7 Å². The summed E-state index contributed by atoms with van der Waals surface area (Å²) in [5, 5.41) is 15.0. The summed E-state index contributed by atoms with van der Waals surface area (Å²) in [5.74, 6) is -0.247. The minimum atomic E-state index is -0.834. The zero-order valence-corrected chi connectivity index (χ0v) is 14.5. The second-order valence-electron chi connectivity index (χ2n) is 6.23. The lowest BCUT2D eigenvalue weighted by Gasteiger charge is -2.36. The number of rotatable bonds is 3. The van der Waals surface area contributed by atoms with E-state index in [4.69, 9.17) is 4.74 Å². The average molecular weight is 357 g/mol. The van der Waals surface area contributed by atoms with Crippen molar-refractivity contribution in [3.63, 3.8) is 0 Å². The minimum Gasteiger partial charge on any atom is -0.512 e. The highest BCUT2D eigenvalue weighted by atomic mass is 32.1. The van der Waals surface area contributed by atoms with Gasteiger partial charge in [-0.2, -0.15) is 0 Å². The summed E-state index contributed by atoms with van der Waals surface area (Å²) in [6.07, 6.45) is 1.52. The average Bonchev–Trinajstić information content (AvgIpc) is 3.17. The molecule has 2 N–H and O–H groups in total. The summed E-state index contributed by atoms with van der Waals surface area (Å²) in [7, 11) is 0. The third kappa shape index (κ3) is 3.01. The number of nitrogens with one attached hydrogen (secondary N) is 1. The van der Waals surface area contributed by atoms with E-state index in [2.05, 4.69) is 27.3 Å². The lowest BCUT2D eigenvalue weighted by molar-refractivity contribution is -0.119. The van der Waals surface area contributed by atoms with E-state index in [0.29, 0.717) is 6.42 Å². The fourth-order valence-corrected chi connectivity index (χ4v) is 4.07. The highest BCUT2D eigenvalue weighted by Gasteiger charge is 2.41. The number of hydrogen-bond acceptors (Lipinski definition) is 6. The SMILES string of the molecule is O=C1C=C(O)CC(c2ccc(N3CCOCC3)cc2)(c2cscn2)N1. The molecule has 0 aliphatic carbocycles. The van der Waals surface area contributed by atoms with Gasteiger partial charge in [-0.05, 0) is 17.7 Å². The van der Waals surface area contributed by atoms with Crippen LogP contribution >= 0.6 is 11.3 Å². The molecule has 1 atom stereocenters. The molecule has 1 saturated heterocycles. The number of amides is 1.